The van der Waals surface area contributed by atoms with Crippen LogP contribution in [0.3, 0.4) is 0 Å². The fourth-order valence-corrected chi connectivity index (χ4v) is 4.61. The molecule has 1 aliphatic heterocycles. The number of rotatable bonds is 9. The van der Waals surface area contributed by atoms with Gasteiger partial charge in [0, 0.05) is 11.3 Å². The Morgan fingerprint density at radius 3 is 2.38 bits per heavy atom. The van der Waals surface area contributed by atoms with E-state index in [4.69, 9.17) is 9.47 Å². The number of nitrogens with zero attached hydrogens (tertiary/aromatic N) is 1. The van der Waals surface area contributed by atoms with Crippen LogP contribution in [0, 0.1) is 13.8 Å². The monoisotopic (exact) mass is 499 g/mol. The van der Waals surface area contributed by atoms with Gasteiger partial charge < -0.3 is 14.6 Å². The van der Waals surface area contributed by atoms with Gasteiger partial charge in [0.15, 0.2) is 0 Å². The van der Waals surface area contributed by atoms with Crippen LogP contribution in [-0.2, 0) is 9.59 Å². The van der Waals surface area contributed by atoms with Crippen LogP contribution in [0.15, 0.2) is 72.3 Å². The summed E-state index contributed by atoms with van der Waals surface area (Å²) >= 11 is 0. The second kappa shape index (κ2) is 11.3. The van der Waals surface area contributed by atoms with Crippen LogP contribution in [0.25, 0.3) is 5.76 Å². The average Bonchev–Trinajstić information content (AvgIpc) is 3.18. The zero-order valence-electron chi connectivity index (χ0n) is 21.8. The molecule has 0 saturated carbocycles. The average molecular weight is 500 g/mol. The predicted molar refractivity (Wildman–Crippen MR) is 145 cm³/mol. The van der Waals surface area contributed by atoms with Crippen LogP contribution in [0.4, 0.5) is 5.69 Å². The molecule has 1 N–H and O–H groups in total. The van der Waals surface area contributed by atoms with Crippen LogP contribution < -0.4 is 14.4 Å². The third-order valence-corrected chi connectivity index (χ3v) is 6.83. The van der Waals surface area contributed by atoms with Crippen LogP contribution in [0.2, 0.25) is 0 Å². The Labute approximate surface area is 218 Å². The van der Waals surface area contributed by atoms with E-state index < -0.39 is 17.7 Å². The number of ketones is 1. The number of hydrogen-bond acceptors (Lipinski definition) is 5. The third kappa shape index (κ3) is 5.24. The summed E-state index contributed by atoms with van der Waals surface area (Å²) in [7, 11) is 1.56. The smallest absolute Gasteiger partial charge is 0.300 e. The molecule has 192 valence electrons. The van der Waals surface area contributed by atoms with Gasteiger partial charge in [0.05, 0.1) is 25.3 Å². The van der Waals surface area contributed by atoms with E-state index in [1.165, 1.54) is 4.90 Å². The molecule has 1 amide bonds. The lowest BCUT2D eigenvalue weighted by Crippen LogP contribution is -2.30. The molecule has 1 aliphatic rings. The molecule has 6 heteroatoms. The summed E-state index contributed by atoms with van der Waals surface area (Å²) in [5.74, 6) is -0.358. The first-order valence-corrected chi connectivity index (χ1v) is 12.6. The minimum Gasteiger partial charge on any atom is -0.507 e. The number of ether oxygens (including phenoxy) is 2. The van der Waals surface area contributed by atoms with Crippen molar-refractivity contribution in [2.45, 2.75) is 46.1 Å². The van der Waals surface area contributed by atoms with Crippen LogP contribution in [0.1, 0.15) is 54.5 Å². The van der Waals surface area contributed by atoms with Gasteiger partial charge in [-0.05, 0) is 79.4 Å². The fourth-order valence-electron chi connectivity index (χ4n) is 4.61. The number of methoxy groups -OCH3 is 1. The predicted octanol–water partition coefficient (Wildman–Crippen LogP) is 6.51. The van der Waals surface area contributed by atoms with Gasteiger partial charge >= 0.3 is 0 Å². The highest BCUT2D eigenvalue weighted by atomic mass is 16.5. The summed E-state index contributed by atoms with van der Waals surface area (Å²) in [6.45, 7) is 6.64. The van der Waals surface area contributed by atoms with E-state index >= 15 is 0 Å². The van der Waals surface area contributed by atoms with E-state index in [1.807, 2.05) is 44.2 Å². The number of benzene rings is 3. The lowest BCUT2D eigenvalue weighted by atomic mass is 9.94. The first-order valence-electron chi connectivity index (χ1n) is 12.6. The normalized spacial score (nSPS) is 16.8. The molecule has 0 spiro atoms. The Kier molecular flexibility index (Phi) is 7.97. The molecule has 1 fully saturated rings. The largest absolute Gasteiger partial charge is 0.507 e. The van der Waals surface area contributed by atoms with Gasteiger partial charge in [0.1, 0.15) is 17.3 Å². The van der Waals surface area contributed by atoms with Crippen LogP contribution in [0.5, 0.6) is 11.5 Å². The van der Waals surface area contributed by atoms with E-state index in [2.05, 4.69) is 6.92 Å². The number of carbonyl (C=O) groups is 2. The minimum atomic E-state index is -0.819. The fraction of sp³-hybridized carbons (Fsp3) is 0.290. The zero-order chi connectivity index (χ0) is 26.5. The van der Waals surface area contributed by atoms with E-state index in [9.17, 15) is 14.7 Å². The molecule has 1 atom stereocenters. The molecule has 1 unspecified atom stereocenters. The highest BCUT2D eigenvalue weighted by molar-refractivity contribution is 6.51. The van der Waals surface area contributed by atoms with Crippen molar-refractivity contribution in [1.82, 2.24) is 0 Å². The van der Waals surface area contributed by atoms with Crippen LogP contribution >= 0.6 is 0 Å². The van der Waals surface area contributed by atoms with Crippen molar-refractivity contribution < 1.29 is 24.2 Å². The molecule has 0 radical (unpaired) electrons. The maximum atomic E-state index is 13.5. The van der Waals surface area contributed by atoms with Gasteiger partial charge in [-0.15, -0.1) is 0 Å². The van der Waals surface area contributed by atoms with Crippen molar-refractivity contribution in [2.75, 3.05) is 18.6 Å². The standard InChI is InChI=1S/C31H33NO5/c1-5-6-7-18-37-24-16-14-22(15-17-24)29(33)27-28(23-11-9-12-25(19-23)36-4)32(31(35)30(27)34)26-13-8-10-20(2)21(26)3/h8-17,19,28,33H,5-7,18H2,1-4H3/b29-27+. The molecule has 0 bridgehead atoms. The highest BCUT2D eigenvalue weighted by Crippen LogP contribution is 2.44. The van der Waals surface area contributed by atoms with Gasteiger partial charge in [0.25, 0.3) is 11.7 Å². The number of aryl methyl sites for hydroxylation is 1. The molecule has 3 aromatic carbocycles. The number of amides is 1. The van der Waals surface area contributed by atoms with E-state index in [0.717, 1.165) is 30.4 Å². The Balaban J connectivity index is 1.81. The number of anilines is 1. The van der Waals surface area contributed by atoms with Gasteiger partial charge in [-0.2, -0.15) is 0 Å². The number of unbranched alkanes of at least 4 members (excludes halogenated alkanes) is 2. The quantitative estimate of drug-likeness (QED) is 0.157. The molecular weight excluding hydrogens is 466 g/mol. The van der Waals surface area contributed by atoms with E-state index in [1.54, 1.807) is 43.5 Å². The molecule has 3 aromatic rings. The molecule has 37 heavy (non-hydrogen) atoms. The minimum absolute atomic E-state index is 0.0378. The highest BCUT2D eigenvalue weighted by Gasteiger charge is 2.47. The number of aliphatic hydroxyl groups is 1. The molecular formula is C31H33NO5. The summed E-state index contributed by atoms with van der Waals surface area (Å²) in [5, 5.41) is 11.4. The third-order valence-electron chi connectivity index (χ3n) is 6.83. The summed E-state index contributed by atoms with van der Waals surface area (Å²) in [6.07, 6.45) is 3.19. The Bertz CT molecular complexity index is 1330. The topological polar surface area (TPSA) is 76.1 Å². The summed E-state index contributed by atoms with van der Waals surface area (Å²) in [5.41, 5.74) is 3.66. The maximum Gasteiger partial charge on any atom is 0.300 e. The van der Waals surface area contributed by atoms with Gasteiger partial charge in [-0.25, -0.2) is 0 Å². The number of hydrogen-bond donors (Lipinski definition) is 1. The summed E-state index contributed by atoms with van der Waals surface area (Å²) in [4.78, 5) is 28.4. The molecule has 1 heterocycles. The summed E-state index contributed by atoms with van der Waals surface area (Å²) < 4.78 is 11.2. The Morgan fingerprint density at radius 2 is 1.68 bits per heavy atom. The molecule has 0 aromatic heterocycles. The Hall–Kier alpha value is -4.06. The maximum absolute atomic E-state index is 13.5. The van der Waals surface area contributed by atoms with Crippen molar-refractivity contribution >= 4 is 23.1 Å². The molecule has 1 saturated heterocycles. The molecule has 4 rings (SSSR count). The lowest BCUT2D eigenvalue weighted by Gasteiger charge is -2.27. The number of aliphatic hydroxyl groups excluding tert-OH is 1. The number of Topliss-reactive ketones (excluding diaryl/α,β-unsaturated/α-hetero) is 1. The van der Waals surface area contributed by atoms with Crippen LogP contribution in [-0.4, -0.2) is 30.5 Å². The first kappa shape index (κ1) is 26.0. The van der Waals surface area contributed by atoms with Crippen molar-refractivity contribution in [2.24, 2.45) is 0 Å². The van der Waals surface area contributed by atoms with E-state index in [0.29, 0.717) is 34.9 Å². The van der Waals surface area contributed by atoms with Gasteiger partial charge in [-0.3, -0.25) is 14.5 Å². The van der Waals surface area contributed by atoms with Crippen molar-refractivity contribution in [3.8, 4) is 11.5 Å². The van der Waals surface area contributed by atoms with Crippen molar-refractivity contribution in [1.29, 1.82) is 0 Å². The summed E-state index contributed by atoms with van der Waals surface area (Å²) in [6, 6.07) is 19.0. The second-order valence-corrected chi connectivity index (χ2v) is 9.24. The Morgan fingerprint density at radius 1 is 0.946 bits per heavy atom. The second-order valence-electron chi connectivity index (χ2n) is 9.24. The van der Waals surface area contributed by atoms with Crippen molar-refractivity contribution in [3.05, 3.63) is 94.6 Å². The number of carbonyl (C=O) groups excluding carboxylic acids is 2. The molecule has 6 nitrogen and oxygen atoms in total. The van der Waals surface area contributed by atoms with E-state index in [-0.39, 0.29) is 11.3 Å². The van der Waals surface area contributed by atoms with Crippen molar-refractivity contribution in [3.63, 3.8) is 0 Å². The van der Waals surface area contributed by atoms with Gasteiger partial charge in [-0.1, -0.05) is 44.0 Å². The molecule has 0 aliphatic carbocycles. The first-order chi connectivity index (χ1) is 17.9. The van der Waals surface area contributed by atoms with Gasteiger partial charge in [0.2, 0.25) is 0 Å². The SMILES string of the molecule is CCCCCOc1ccc(/C(O)=C2\C(=O)C(=O)N(c3cccc(C)c3C)C2c2cccc(OC)c2)cc1. The zero-order valence-corrected chi connectivity index (χ0v) is 21.8. The lowest BCUT2D eigenvalue weighted by molar-refractivity contribution is -0.132.